The minimum Gasteiger partial charge on any atom is -0.316 e. The third-order valence-corrected chi connectivity index (χ3v) is 3.97. The number of nitrogens with zero attached hydrogens (tertiary/aromatic N) is 4. The first-order chi connectivity index (χ1) is 8.81. The molecule has 2 aliphatic rings. The van der Waals surface area contributed by atoms with Crippen LogP contribution >= 0.6 is 0 Å². The van der Waals surface area contributed by atoms with E-state index >= 15 is 0 Å². The van der Waals surface area contributed by atoms with Gasteiger partial charge in [0.25, 0.3) is 0 Å². The van der Waals surface area contributed by atoms with Crippen LogP contribution in [0, 0.1) is 5.92 Å². The summed E-state index contributed by atoms with van der Waals surface area (Å²) in [7, 11) is 1.93. The van der Waals surface area contributed by atoms with Gasteiger partial charge in [-0.3, -0.25) is 9.58 Å². The van der Waals surface area contributed by atoms with E-state index in [1.54, 1.807) is 4.68 Å². The molecule has 0 radical (unpaired) electrons. The number of rotatable bonds is 5. The van der Waals surface area contributed by atoms with Gasteiger partial charge in [0.1, 0.15) is 0 Å². The second kappa shape index (κ2) is 5.36. The van der Waals surface area contributed by atoms with Crippen molar-refractivity contribution in [1.29, 1.82) is 0 Å². The molecule has 0 bridgehead atoms. The molecule has 5 heteroatoms. The molecule has 1 aromatic heterocycles. The summed E-state index contributed by atoms with van der Waals surface area (Å²) in [6.07, 6.45) is 7.46. The zero-order valence-corrected chi connectivity index (χ0v) is 11.2. The Hall–Kier alpha value is -0.940. The molecule has 1 unspecified atom stereocenters. The summed E-state index contributed by atoms with van der Waals surface area (Å²) in [5.41, 5.74) is 1.10. The summed E-state index contributed by atoms with van der Waals surface area (Å²) < 4.78 is 1.79. The molecule has 1 atom stereocenters. The highest BCUT2D eigenvalue weighted by Gasteiger charge is 2.31. The van der Waals surface area contributed by atoms with Crippen molar-refractivity contribution >= 4 is 0 Å². The fourth-order valence-corrected chi connectivity index (χ4v) is 2.87. The number of hydrogen-bond acceptors (Lipinski definition) is 4. The molecular formula is C13H23N5. The van der Waals surface area contributed by atoms with Gasteiger partial charge < -0.3 is 5.32 Å². The zero-order valence-electron chi connectivity index (χ0n) is 11.2. The van der Waals surface area contributed by atoms with E-state index in [0.29, 0.717) is 0 Å². The number of aryl methyl sites for hydroxylation is 1. The first-order valence-corrected chi connectivity index (χ1v) is 7.11. The van der Waals surface area contributed by atoms with Gasteiger partial charge in [-0.1, -0.05) is 5.21 Å². The van der Waals surface area contributed by atoms with E-state index in [9.17, 15) is 0 Å². The lowest BCUT2D eigenvalue weighted by Gasteiger charge is -2.29. The van der Waals surface area contributed by atoms with Crippen LogP contribution in [0.3, 0.4) is 0 Å². The Morgan fingerprint density at radius 1 is 1.44 bits per heavy atom. The van der Waals surface area contributed by atoms with Gasteiger partial charge in [-0.2, -0.15) is 0 Å². The molecule has 1 N–H and O–H groups in total. The molecule has 18 heavy (non-hydrogen) atoms. The second-order valence-electron chi connectivity index (χ2n) is 5.76. The van der Waals surface area contributed by atoms with Crippen molar-refractivity contribution in [2.45, 2.75) is 38.3 Å². The Morgan fingerprint density at radius 2 is 2.33 bits per heavy atom. The molecule has 0 aromatic carbocycles. The van der Waals surface area contributed by atoms with E-state index in [2.05, 4.69) is 20.5 Å². The van der Waals surface area contributed by atoms with E-state index in [1.807, 2.05) is 13.2 Å². The van der Waals surface area contributed by atoms with E-state index in [1.165, 1.54) is 45.3 Å². The molecule has 1 aromatic rings. The van der Waals surface area contributed by atoms with Crippen LogP contribution in [0.4, 0.5) is 0 Å². The lowest BCUT2D eigenvalue weighted by Crippen LogP contribution is -2.39. The van der Waals surface area contributed by atoms with Crippen molar-refractivity contribution in [3.63, 3.8) is 0 Å². The van der Waals surface area contributed by atoms with Gasteiger partial charge in [0.05, 0.1) is 5.69 Å². The molecule has 2 heterocycles. The van der Waals surface area contributed by atoms with Crippen LogP contribution in [0.5, 0.6) is 0 Å². The van der Waals surface area contributed by atoms with Crippen LogP contribution < -0.4 is 5.32 Å². The Kier molecular flexibility index (Phi) is 3.61. The van der Waals surface area contributed by atoms with Crippen LogP contribution in [0.2, 0.25) is 0 Å². The van der Waals surface area contributed by atoms with Crippen molar-refractivity contribution in [3.05, 3.63) is 11.9 Å². The van der Waals surface area contributed by atoms with E-state index < -0.39 is 0 Å². The minimum atomic E-state index is 0.800. The lowest BCUT2D eigenvalue weighted by molar-refractivity contribution is 0.191. The summed E-state index contributed by atoms with van der Waals surface area (Å²) in [6.45, 7) is 4.57. The van der Waals surface area contributed by atoms with Crippen molar-refractivity contribution in [1.82, 2.24) is 25.2 Å². The Bertz CT molecular complexity index is 378. The number of aromatic nitrogens is 3. The van der Waals surface area contributed by atoms with Gasteiger partial charge in [0, 0.05) is 32.4 Å². The average molecular weight is 249 g/mol. The Morgan fingerprint density at radius 3 is 2.94 bits per heavy atom. The quantitative estimate of drug-likeness (QED) is 0.837. The van der Waals surface area contributed by atoms with Crippen molar-refractivity contribution in [2.24, 2.45) is 13.0 Å². The van der Waals surface area contributed by atoms with Gasteiger partial charge >= 0.3 is 0 Å². The summed E-state index contributed by atoms with van der Waals surface area (Å²) in [4.78, 5) is 2.61. The van der Waals surface area contributed by atoms with Gasteiger partial charge in [-0.25, -0.2) is 0 Å². The largest absolute Gasteiger partial charge is 0.316 e. The first kappa shape index (κ1) is 12.1. The molecule has 1 saturated heterocycles. The molecular weight excluding hydrogens is 226 g/mol. The smallest absolute Gasteiger partial charge is 0.0967 e. The van der Waals surface area contributed by atoms with Crippen molar-refractivity contribution < 1.29 is 0 Å². The van der Waals surface area contributed by atoms with Crippen LogP contribution in [0.1, 0.15) is 31.4 Å². The van der Waals surface area contributed by atoms with Gasteiger partial charge in [-0.15, -0.1) is 5.10 Å². The SMILES string of the molecule is Cn1cc(CN(CC2CCCNC2)C2CC2)nn1. The predicted octanol–water partition coefficient (Wildman–Crippen LogP) is 0.779. The molecule has 5 nitrogen and oxygen atoms in total. The fourth-order valence-electron chi connectivity index (χ4n) is 2.87. The highest BCUT2D eigenvalue weighted by atomic mass is 15.4. The Balaban J connectivity index is 1.57. The molecule has 0 spiro atoms. The summed E-state index contributed by atoms with van der Waals surface area (Å²) in [5, 5.41) is 11.7. The van der Waals surface area contributed by atoms with E-state index in [0.717, 1.165) is 24.2 Å². The second-order valence-corrected chi connectivity index (χ2v) is 5.76. The fraction of sp³-hybridized carbons (Fsp3) is 0.846. The maximum Gasteiger partial charge on any atom is 0.0967 e. The molecule has 0 amide bonds. The monoisotopic (exact) mass is 249 g/mol. The molecule has 2 fully saturated rings. The van der Waals surface area contributed by atoms with Gasteiger partial charge in [0.15, 0.2) is 0 Å². The summed E-state index contributed by atoms with van der Waals surface area (Å²) >= 11 is 0. The standard InChI is InChI=1S/C13H23N5/c1-17-9-12(15-16-17)10-18(13-4-5-13)8-11-3-2-6-14-7-11/h9,11,13-14H,2-8,10H2,1H3. The molecule has 1 saturated carbocycles. The van der Waals surface area contributed by atoms with Crippen molar-refractivity contribution in [3.8, 4) is 0 Å². The maximum absolute atomic E-state index is 4.21. The Labute approximate surface area is 109 Å². The zero-order chi connectivity index (χ0) is 12.4. The van der Waals surface area contributed by atoms with Crippen LogP contribution in [-0.4, -0.2) is 45.6 Å². The van der Waals surface area contributed by atoms with E-state index in [4.69, 9.17) is 0 Å². The number of hydrogen-bond donors (Lipinski definition) is 1. The first-order valence-electron chi connectivity index (χ1n) is 7.11. The average Bonchev–Trinajstić information content (AvgIpc) is 3.15. The summed E-state index contributed by atoms with van der Waals surface area (Å²) in [5.74, 6) is 0.816. The highest BCUT2D eigenvalue weighted by molar-refractivity contribution is 4.96. The summed E-state index contributed by atoms with van der Waals surface area (Å²) in [6, 6.07) is 0.800. The molecule has 3 rings (SSSR count). The third-order valence-electron chi connectivity index (χ3n) is 3.97. The van der Waals surface area contributed by atoms with Crippen LogP contribution in [-0.2, 0) is 13.6 Å². The van der Waals surface area contributed by atoms with E-state index in [-0.39, 0.29) is 0 Å². The molecule has 1 aliphatic heterocycles. The minimum absolute atomic E-state index is 0.800. The topological polar surface area (TPSA) is 46.0 Å². The molecule has 100 valence electrons. The van der Waals surface area contributed by atoms with Crippen molar-refractivity contribution in [2.75, 3.05) is 19.6 Å². The number of piperidine rings is 1. The van der Waals surface area contributed by atoms with Gasteiger partial charge in [0.2, 0.25) is 0 Å². The van der Waals surface area contributed by atoms with Gasteiger partial charge in [-0.05, 0) is 44.7 Å². The number of nitrogens with one attached hydrogen (secondary N) is 1. The lowest BCUT2D eigenvalue weighted by atomic mass is 9.99. The molecule has 1 aliphatic carbocycles. The normalized spacial score (nSPS) is 24.7. The van der Waals surface area contributed by atoms with Crippen LogP contribution in [0.15, 0.2) is 6.20 Å². The third kappa shape index (κ3) is 3.09. The predicted molar refractivity (Wildman–Crippen MR) is 70.0 cm³/mol. The maximum atomic E-state index is 4.21. The highest BCUT2D eigenvalue weighted by Crippen LogP contribution is 2.29. The van der Waals surface area contributed by atoms with Crippen LogP contribution in [0.25, 0.3) is 0 Å².